The average Bonchev–Trinajstić information content (AvgIpc) is 3.38. The van der Waals surface area contributed by atoms with Gasteiger partial charge in [0.1, 0.15) is 11.4 Å². The van der Waals surface area contributed by atoms with E-state index in [2.05, 4.69) is 65.5 Å². The summed E-state index contributed by atoms with van der Waals surface area (Å²) in [5, 5.41) is 4.23. The average molecular weight is 468 g/mol. The molecule has 6 rings (SSSR count). The van der Waals surface area contributed by atoms with Crippen LogP contribution in [0.25, 0.3) is 32.6 Å². The predicted molar refractivity (Wildman–Crippen MR) is 138 cm³/mol. The van der Waals surface area contributed by atoms with Crippen LogP contribution in [0.4, 0.5) is 10.1 Å². The Bertz CT molecular complexity index is 1560. The Morgan fingerprint density at radius 3 is 2.62 bits per heavy atom. The smallest absolute Gasteiger partial charge is 0.176 e. The number of hydrogen-bond donors (Lipinski definition) is 2. The highest BCUT2D eigenvalue weighted by Crippen LogP contribution is 2.34. The largest absolute Gasteiger partial charge is 0.381 e. The zero-order chi connectivity index (χ0) is 23.2. The standard InChI is InChI=1S/C27H22FN5S/c1-15-9-16(2)11-17(10-15)20-3-4-21-27(33-20)26(31-8-7-30-21)22-12-18-19(13-29-14-23(18)32-22)24-5-6-25(28)34-24/h3-6,9-14,30,32H,7-8H2,1-2H3. The van der Waals surface area contributed by atoms with Crippen molar-refractivity contribution in [1.29, 1.82) is 0 Å². The van der Waals surface area contributed by atoms with E-state index in [0.29, 0.717) is 6.54 Å². The van der Waals surface area contributed by atoms with Crippen LogP contribution in [0.2, 0.25) is 0 Å². The summed E-state index contributed by atoms with van der Waals surface area (Å²) in [5.41, 5.74) is 9.66. The van der Waals surface area contributed by atoms with Crippen molar-refractivity contribution in [2.45, 2.75) is 13.8 Å². The molecule has 5 heterocycles. The highest BCUT2D eigenvalue weighted by atomic mass is 32.1. The molecular weight excluding hydrogens is 445 g/mol. The summed E-state index contributed by atoms with van der Waals surface area (Å²) in [7, 11) is 0. The molecule has 0 spiro atoms. The Kier molecular flexibility index (Phi) is 4.99. The second kappa shape index (κ2) is 8.18. The number of aromatic nitrogens is 3. The number of nitrogens with zero attached hydrogens (tertiary/aromatic N) is 3. The number of benzene rings is 1. The van der Waals surface area contributed by atoms with Gasteiger partial charge in [-0.15, -0.1) is 11.3 Å². The third-order valence-electron chi connectivity index (χ3n) is 5.97. The minimum atomic E-state index is -0.209. The van der Waals surface area contributed by atoms with Crippen molar-refractivity contribution in [2.75, 3.05) is 18.4 Å². The van der Waals surface area contributed by atoms with Crippen molar-refractivity contribution in [1.82, 2.24) is 15.0 Å². The first-order valence-corrected chi connectivity index (χ1v) is 12.0. The number of aromatic amines is 1. The molecule has 0 atom stereocenters. The molecule has 168 valence electrons. The summed E-state index contributed by atoms with van der Waals surface area (Å²) in [6.07, 6.45) is 3.58. The lowest BCUT2D eigenvalue weighted by atomic mass is 10.0. The summed E-state index contributed by atoms with van der Waals surface area (Å²) in [6, 6.07) is 16.0. The van der Waals surface area contributed by atoms with Crippen LogP contribution in [0.5, 0.6) is 0 Å². The second-order valence-electron chi connectivity index (χ2n) is 8.56. The Morgan fingerprint density at radius 1 is 0.971 bits per heavy atom. The Labute approximate surface area is 200 Å². The zero-order valence-electron chi connectivity index (χ0n) is 18.8. The van der Waals surface area contributed by atoms with Crippen LogP contribution in [-0.2, 0) is 0 Å². The van der Waals surface area contributed by atoms with Gasteiger partial charge in [0.15, 0.2) is 5.13 Å². The monoisotopic (exact) mass is 467 g/mol. The number of aryl methyl sites for hydroxylation is 2. The molecule has 0 amide bonds. The summed E-state index contributed by atoms with van der Waals surface area (Å²) in [4.78, 5) is 18.7. The summed E-state index contributed by atoms with van der Waals surface area (Å²) in [6.45, 7) is 5.58. The first-order chi connectivity index (χ1) is 16.5. The minimum Gasteiger partial charge on any atom is -0.381 e. The molecule has 0 aliphatic carbocycles. The molecule has 7 heteroatoms. The van der Waals surface area contributed by atoms with E-state index in [4.69, 9.17) is 9.98 Å². The van der Waals surface area contributed by atoms with Crippen molar-refractivity contribution in [3.8, 4) is 21.7 Å². The van der Waals surface area contributed by atoms with Crippen LogP contribution in [0.3, 0.4) is 0 Å². The van der Waals surface area contributed by atoms with Crippen molar-refractivity contribution in [2.24, 2.45) is 4.99 Å². The van der Waals surface area contributed by atoms with E-state index in [1.807, 2.05) is 0 Å². The molecule has 0 saturated carbocycles. The number of hydrogen-bond acceptors (Lipinski definition) is 5. The number of anilines is 1. The van der Waals surface area contributed by atoms with Gasteiger partial charge in [0.05, 0.1) is 35.3 Å². The Morgan fingerprint density at radius 2 is 1.82 bits per heavy atom. The van der Waals surface area contributed by atoms with E-state index in [-0.39, 0.29) is 5.13 Å². The van der Waals surface area contributed by atoms with Crippen LogP contribution in [0.1, 0.15) is 22.5 Å². The molecule has 34 heavy (non-hydrogen) atoms. The summed E-state index contributed by atoms with van der Waals surface area (Å²) in [5.74, 6) is 0. The van der Waals surface area contributed by atoms with Crippen molar-refractivity contribution in [3.05, 3.63) is 88.6 Å². The van der Waals surface area contributed by atoms with E-state index in [1.54, 1.807) is 18.5 Å². The minimum absolute atomic E-state index is 0.209. The molecular formula is C27H22FN5S. The highest BCUT2D eigenvalue weighted by Gasteiger charge is 2.20. The molecule has 5 aromatic rings. The third-order valence-corrected chi connectivity index (χ3v) is 6.88. The number of H-pyrrole nitrogens is 1. The molecule has 1 aliphatic rings. The maximum Gasteiger partial charge on any atom is 0.176 e. The van der Waals surface area contributed by atoms with Crippen LogP contribution >= 0.6 is 11.3 Å². The maximum absolute atomic E-state index is 13.7. The molecule has 0 radical (unpaired) electrons. The van der Waals surface area contributed by atoms with E-state index in [1.165, 1.54) is 17.2 Å². The summed E-state index contributed by atoms with van der Waals surface area (Å²) >= 11 is 1.12. The molecule has 2 N–H and O–H groups in total. The second-order valence-corrected chi connectivity index (χ2v) is 9.60. The number of fused-ring (bicyclic) bond motifs is 2. The lowest BCUT2D eigenvalue weighted by Crippen LogP contribution is -2.09. The summed E-state index contributed by atoms with van der Waals surface area (Å²) < 4.78 is 13.7. The normalized spacial score (nSPS) is 13.3. The van der Waals surface area contributed by atoms with Crippen LogP contribution in [0.15, 0.2) is 65.9 Å². The van der Waals surface area contributed by atoms with Gasteiger partial charge in [-0.25, -0.2) is 4.98 Å². The van der Waals surface area contributed by atoms with E-state index < -0.39 is 0 Å². The van der Waals surface area contributed by atoms with Crippen molar-refractivity contribution >= 4 is 33.6 Å². The first-order valence-electron chi connectivity index (χ1n) is 11.2. The number of thiophene rings is 1. The molecule has 1 aromatic carbocycles. The lowest BCUT2D eigenvalue weighted by molar-refractivity contribution is 0.657. The van der Waals surface area contributed by atoms with Crippen LogP contribution in [-0.4, -0.2) is 33.8 Å². The SMILES string of the molecule is Cc1cc(C)cc(-c2ccc3c(n2)C(c2cc4c(-c5ccc(F)s5)cncc4[nH]2)=NCCN3)c1. The molecule has 1 aliphatic heterocycles. The first kappa shape index (κ1) is 20.7. The van der Waals surface area contributed by atoms with Crippen molar-refractivity contribution < 1.29 is 4.39 Å². The molecule has 4 aromatic heterocycles. The number of rotatable bonds is 3. The molecule has 5 nitrogen and oxygen atoms in total. The third kappa shape index (κ3) is 3.68. The Hall–Kier alpha value is -3.84. The van der Waals surface area contributed by atoms with Gasteiger partial charge < -0.3 is 10.3 Å². The number of nitrogens with one attached hydrogen (secondary N) is 2. The van der Waals surface area contributed by atoms with Gasteiger partial charge in [-0.3, -0.25) is 9.98 Å². The van der Waals surface area contributed by atoms with Crippen molar-refractivity contribution in [3.63, 3.8) is 0 Å². The quantitative estimate of drug-likeness (QED) is 0.324. The van der Waals surface area contributed by atoms with Gasteiger partial charge in [-0.05, 0) is 56.3 Å². The van der Waals surface area contributed by atoms with Gasteiger partial charge in [0, 0.05) is 34.1 Å². The van der Waals surface area contributed by atoms with Crippen LogP contribution < -0.4 is 5.32 Å². The van der Waals surface area contributed by atoms with Gasteiger partial charge in [-0.1, -0.05) is 17.2 Å². The van der Waals surface area contributed by atoms with Crippen LogP contribution in [0, 0.1) is 19.0 Å². The van der Waals surface area contributed by atoms with Gasteiger partial charge >= 0.3 is 0 Å². The molecule has 0 saturated heterocycles. The molecule has 0 bridgehead atoms. The lowest BCUT2D eigenvalue weighted by Gasteiger charge is -2.12. The van der Waals surface area contributed by atoms with Gasteiger partial charge in [0.25, 0.3) is 0 Å². The predicted octanol–water partition coefficient (Wildman–Crippen LogP) is 6.37. The van der Waals surface area contributed by atoms with E-state index in [9.17, 15) is 4.39 Å². The highest BCUT2D eigenvalue weighted by molar-refractivity contribution is 7.14. The fraction of sp³-hybridized carbons (Fsp3) is 0.148. The van der Waals surface area contributed by atoms with E-state index in [0.717, 1.165) is 73.3 Å². The topological polar surface area (TPSA) is 66.0 Å². The molecule has 0 unspecified atom stereocenters. The van der Waals surface area contributed by atoms with E-state index >= 15 is 0 Å². The number of pyridine rings is 2. The fourth-order valence-electron chi connectivity index (χ4n) is 4.55. The van der Waals surface area contributed by atoms with Gasteiger partial charge in [0.2, 0.25) is 0 Å². The van der Waals surface area contributed by atoms with Gasteiger partial charge in [-0.2, -0.15) is 4.39 Å². The zero-order valence-corrected chi connectivity index (χ0v) is 19.6. The fourth-order valence-corrected chi connectivity index (χ4v) is 5.30. The number of halogens is 1. The maximum atomic E-state index is 13.7. The number of aliphatic imine (C=N–C) groups is 1. The molecule has 0 fully saturated rings. The Balaban J connectivity index is 1.49.